The van der Waals surface area contributed by atoms with Gasteiger partial charge in [-0.3, -0.25) is 0 Å². The molecule has 1 heterocycles. The first kappa shape index (κ1) is 21.5. The lowest BCUT2D eigenvalue weighted by molar-refractivity contribution is 0.211. The van der Waals surface area contributed by atoms with Crippen molar-refractivity contribution in [2.45, 2.75) is 90.9 Å². The fraction of sp³-hybridized carbons (Fsp3) is 0.652. The fourth-order valence-electron chi connectivity index (χ4n) is 3.33. The van der Waals surface area contributed by atoms with Gasteiger partial charge in [-0.25, -0.2) is 4.79 Å². The summed E-state index contributed by atoms with van der Waals surface area (Å²) in [6.07, 6.45) is 15.8. The van der Waals surface area contributed by atoms with Gasteiger partial charge in [-0.15, -0.1) is 0 Å². The highest BCUT2D eigenvalue weighted by Crippen LogP contribution is 2.15. The van der Waals surface area contributed by atoms with Crippen molar-refractivity contribution in [1.82, 2.24) is 4.98 Å². The number of aromatic nitrogens is 1. The topological polar surface area (TPSA) is 52.3 Å². The molecule has 0 aliphatic carbocycles. The molecule has 0 spiro atoms. The Morgan fingerprint density at radius 2 is 1.48 bits per heavy atom. The van der Waals surface area contributed by atoms with E-state index in [1.54, 1.807) is 6.07 Å². The molecule has 0 radical (unpaired) electrons. The van der Waals surface area contributed by atoms with Crippen molar-refractivity contribution in [3.63, 3.8) is 0 Å². The highest BCUT2D eigenvalue weighted by molar-refractivity contribution is 5.77. The molecule has 0 atom stereocenters. The van der Waals surface area contributed by atoms with Crippen LogP contribution in [0.3, 0.4) is 0 Å². The molecular weight excluding hydrogens is 338 g/mol. The molecule has 150 valence electrons. The number of benzene rings is 1. The van der Waals surface area contributed by atoms with Crippen LogP contribution < -0.4 is 10.4 Å². The van der Waals surface area contributed by atoms with Gasteiger partial charge in [-0.05, 0) is 25.5 Å². The van der Waals surface area contributed by atoms with Crippen molar-refractivity contribution < 1.29 is 9.15 Å². The molecule has 4 nitrogen and oxygen atoms in total. The Morgan fingerprint density at radius 1 is 0.889 bits per heavy atom. The highest BCUT2D eigenvalue weighted by Gasteiger charge is 2.07. The minimum Gasteiger partial charge on any atom is -0.450 e. The summed E-state index contributed by atoms with van der Waals surface area (Å²) in [6.45, 7) is 4.75. The third-order valence-electron chi connectivity index (χ3n) is 4.99. The highest BCUT2D eigenvalue weighted by atomic mass is 16.6. The van der Waals surface area contributed by atoms with E-state index >= 15 is 0 Å². The molecule has 0 saturated carbocycles. The molecule has 1 aromatic carbocycles. The number of ether oxygens (including phenoxy) is 1. The third-order valence-corrected chi connectivity index (χ3v) is 4.99. The maximum Gasteiger partial charge on any atom is 0.397 e. The second-order valence-electron chi connectivity index (χ2n) is 7.53. The fourth-order valence-corrected chi connectivity index (χ4v) is 3.33. The Bertz CT molecular complexity index is 723. The number of fused-ring (bicyclic) bond motifs is 1. The third kappa shape index (κ3) is 8.15. The average molecular weight is 374 g/mol. The van der Waals surface area contributed by atoms with E-state index in [1.165, 1.54) is 64.2 Å². The molecule has 0 N–H and O–H groups in total. The van der Waals surface area contributed by atoms with Crippen molar-refractivity contribution in [1.29, 1.82) is 0 Å². The van der Waals surface area contributed by atoms with Crippen LogP contribution in [0.25, 0.3) is 10.9 Å². The predicted octanol–water partition coefficient (Wildman–Crippen LogP) is 6.58. The summed E-state index contributed by atoms with van der Waals surface area (Å²) in [5, 5.41) is 0.507. The minimum atomic E-state index is -0.381. The van der Waals surface area contributed by atoms with E-state index in [-0.39, 0.29) is 11.7 Å². The van der Waals surface area contributed by atoms with Crippen LogP contribution in [-0.4, -0.2) is 11.6 Å². The van der Waals surface area contributed by atoms with Crippen LogP contribution in [0.15, 0.2) is 27.4 Å². The maximum atomic E-state index is 12.0. The second-order valence-corrected chi connectivity index (χ2v) is 7.53. The van der Waals surface area contributed by atoms with Gasteiger partial charge in [0, 0.05) is 0 Å². The van der Waals surface area contributed by atoms with E-state index in [0.29, 0.717) is 17.5 Å². The van der Waals surface area contributed by atoms with Gasteiger partial charge in [0.25, 0.3) is 0 Å². The monoisotopic (exact) mass is 373 g/mol. The van der Waals surface area contributed by atoms with Crippen LogP contribution in [0.2, 0.25) is 0 Å². The zero-order valence-corrected chi connectivity index (χ0v) is 17.1. The Hall–Kier alpha value is -1.84. The minimum absolute atomic E-state index is 0.0828. The normalized spacial score (nSPS) is 11.2. The number of aryl methyl sites for hydroxylation is 1. The molecule has 2 rings (SSSR count). The molecule has 0 unspecified atom stereocenters. The lowest BCUT2D eigenvalue weighted by Crippen LogP contribution is -2.06. The van der Waals surface area contributed by atoms with Gasteiger partial charge in [-0.2, -0.15) is 4.98 Å². The van der Waals surface area contributed by atoms with Crippen LogP contribution in [0.1, 0.15) is 89.5 Å². The smallest absolute Gasteiger partial charge is 0.397 e. The first-order valence-corrected chi connectivity index (χ1v) is 10.7. The van der Waals surface area contributed by atoms with Crippen LogP contribution >= 0.6 is 0 Å². The summed E-state index contributed by atoms with van der Waals surface area (Å²) in [6, 6.07) is 5.56. The quantitative estimate of drug-likeness (QED) is 0.351. The van der Waals surface area contributed by atoms with E-state index in [9.17, 15) is 4.79 Å². The Morgan fingerprint density at radius 3 is 2.11 bits per heavy atom. The van der Waals surface area contributed by atoms with Crippen molar-refractivity contribution >= 4 is 10.9 Å². The number of hydrogen-bond acceptors (Lipinski definition) is 4. The number of nitrogens with zero attached hydrogens (tertiary/aromatic N) is 1. The summed E-state index contributed by atoms with van der Waals surface area (Å²) in [5.74, 6) is 0. The van der Waals surface area contributed by atoms with Crippen molar-refractivity contribution in [3.8, 4) is 6.08 Å². The first-order valence-electron chi connectivity index (χ1n) is 10.7. The van der Waals surface area contributed by atoms with Gasteiger partial charge in [0.05, 0.1) is 17.5 Å². The SMILES string of the molecule is CCCCCCCCCCCCCCOc1nc2ccc(C)cc2c(=O)o1. The molecule has 2 aromatic rings. The van der Waals surface area contributed by atoms with E-state index in [4.69, 9.17) is 9.15 Å². The molecule has 0 amide bonds. The van der Waals surface area contributed by atoms with Crippen molar-refractivity contribution in [2.75, 3.05) is 6.61 Å². The van der Waals surface area contributed by atoms with Gasteiger partial charge in [-0.1, -0.05) is 89.2 Å². The Balaban J connectivity index is 1.53. The summed E-state index contributed by atoms with van der Waals surface area (Å²) in [7, 11) is 0. The lowest BCUT2D eigenvalue weighted by atomic mass is 10.1. The molecule has 0 saturated heterocycles. The van der Waals surface area contributed by atoms with E-state index in [1.807, 2.05) is 19.1 Å². The van der Waals surface area contributed by atoms with Gasteiger partial charge < -0.3 is 9.15 Å². The zero-order valence-electron chi connectivity index (χ0n) is 17.1. The summed E-state index contributed by atoms with van der Waals surface area (Å²) < 4.78 is 10.7. The van der Waals surface area contributed by atoms with Crippen LogP contribution in [-0.2, 0) is 0 Å². The van der Waals surface area contributed by atoms with Crippen LogP contribution in [0, 0.1) is 6.92 Å². The Kier molecular flexibility index (Phi) is 9.96. The largest absolute Gasteiger partial charge is 0.450 e. The molecule has 0 aliphatic heterocycles. The van der Waals surface area contributed by atoms with E-state index in [0.717, 1.165) is 18.4 Å². The second kappa shape index (κ2) is 12.5. The molecule has 0 aliphatic rings. The zero-order chi connectivity index (χ0) is 19.3. The molecule has 27 heavy (non-hydrogen) atoms. The van der Waals surface area contributed by atoms with Crippen molar-refractivity contribution in [2.24, 2.45) is 0 Å². The van der Waals surface area contributed by atoms with Gasteiger partial charge in [0.15, 0.2) is 0 Å². The standard InChI is InChI=1S/C23H35NO3/c1-3-4-5-6-7-8-9-10-11-12-13-14-17-26-23-24-21-16-15-19(2)18-20(21)22(25)27-23/h15-16,18H,3-14,17H2,1-2H3. The van der Waals surface area contributed by atoms with E-state index in [2.05, 4.69) is 11.9 Å². The number of unbranched alkanes of at least 4 members (excludes halogenated alkanes) is 11. The summed E-state index contributed by atoms with van der Waals surface area (Å²) in [4.78, 5) is 16.3. The molecular formula is C23H35NO3. The van der Waals surface area contributed by atoms with Gasteiger partial charge >= 0.3 is 11.7 Å². The summed E-state index contributed by atoms with van der Waals surface area (Å²) in [5.41, 5.74) is 1.26. The number of hydrogen-bond donors (Lipinski definition) is 0. The van der Waals surface area contributed by atoms with Gasteiger partial charge in [0.2, 0.25) is 0 Å². The molecule has 0 bridgehead atoms. The van der Waals surface area contributed by atoms with Crippen LogP contribution in [0.5, 0.6) is 6.08 Å². The Labute approximate surface area is 163 Å². The van der Waals surface area contributed by atoms with Crippen LogP contribution in [0.4, 0.5) is 0 Å². The lowest BCUT2D eigenvalue weighted by Gasteiger charge is -2.05. The predicted molar refractivity (Wildman–Crippen MR) is 112 cm³/mol. The summed E-state index contributed by atoms with van der Waals surface area (Å²) >= 11 is 0. The first-order chi connectivity index (χ1) is 13.2. The maximum absolute atomic E-state index is 12.0. The molecule has 1 aromatic heterocycles. The molecule has 4 heteroatoms. The molecule has 0 fully saturated rings. The average Bonchev–Trinajstić information content (AvgIpc) is 2.66. The van der Waals surface area contributed by atoms with Gasteiger partial charge in [0.1, 0.15) is 0 Å². The van der Waals surface area contributed by atoms with E-state index < -0.39 is 0 Å². The number of rotatable bonds is 14. The van der Waals surface area contributed by atoms with Crippen molar-refractivity contribution in [3.05, 3.63) is 34.2 Å².